The van der Waals surface area contributed by atoms with Gasteiger partial charge in [-0.3, -0.25) is 0 Å². The predicted molar refractivity (Wildman–Crippen MR) is 99.7 cm³/mol. The number of ether oxygens (including phenoxy) is 3. The summed E-state index contributed by atoms with van der Waals surface area (Å²) in [5.41, 5.74) is 1.74. The predicted octanol–water partition coefficient (Wildman–Crippen LogP) is 4.27. The molecule has 3 rings (SSSR count). The van der Waals surface area contributed by atoms with E-state index < -0.39 is 5.97 Å². The van der Waals surface area contributed by atoms with Gasteiger partial charge in [-0.25, -0.2) is 9.78 Å². The molecule has 3 aromatic rings. The standard InChI is InChI=1S/C21H19NO5/c1-3-11-25-18-10-9-16(12-19(18)24-2)21(23)27-14-17-13-26-20(22-17)15-7-5-4-6-8-15/h3-10,12-13H,1,11,14H2,2H3. The summed E-state index contributed by atoms with van der Waals surface area (Å²) >= 11 is 0. The van der Waals surface area contributed by atoms with E-state index in [0.717, 1.165) is 5.56 Å². The number of hydrogen-bond donors (Lipinski definition) is 0. The van der Waals surface area contributed by atoms with Gasteiger partial charge in [-0.15, -0.1) is 0 Å². The van der Waals surface area contributed by atoms with E-state index in [1.165, 1.54) is 13.4 Å². The minimum atomic E-state index is -0.493. The Hall–Kier alpha value is -3.54. The minimum absolute atomic E-state index is 0.00615. The van der Waals surface area contributed by atoms with Crippen LogP contribution in [0.5, 0.6) is 11.5 Å². The third-order valence-electron chi connectivity index (χ3n) is 3.68. The summed E-state index contributed by atoms with van der Waals surface area (Å²) in [5, 5.41) is 0. The van der Waals surface area contributed by atoms with E-state index in [9.17, 15) is 4.79 Å². The van der Waals surface area contributed by atoms with Gasteiger partial charge in [0.15, 0.2) is 11.5 Å². The molecule has 0 spiro atoms. The highest BCUT2D eigenvalue weighted by Crippen LogP contribution is 2.28. The highest BCUT2D eigenvalue weighted by molar-refractivity contribution is 5.90. The van der Waals surface area contributed by atoms with Gasteiger partial charge in [0.1, 0.15) is 25.2 Å². The maximum absolute atomic E-state index is 12.3. The van der Waals surface area contributed by atoms with Crippen LogP contribution in [0.2, 0.25) is 0 Å². The van der Waals surface area contributed by atoms with Gasteiger partial charge in [-0.05, 0) is 30.3 Å². The van der Waals surface area contributed by atoms with E-state index in [1.807, 2.05) is 30.3 Å². The third kappa shape index (κ3) is 4.55. The van der Waals surface area contributed by atoms with E-state index in [-0.39, 0.29) is 6.61 Å². The molecule has 0 aliphatic carbocycles. The molecule has 0 bridgehead atoms. The number of aromatic nitrogens is 1. The monoisotopic (exact) mass is 365 g/mol. The van der Waals surface area contributed by atoms with Crippen molar-refractivity contribution in [1.82, 2.24) is 4.98 Å². The zero-order valence-corrected chi connectivity index (χ0v) is 14.9. The van der Waals surface area contributed by atoms with E-state index in [2.05, 4.69) is 11.6 Å². The molecule has 0 amide bonds. The van der Waals surface area contributed by atoms with E-state index in [1.54, 1.807) is 24.3 Å². The molecule has 0 saturated heterocycles. The van der Waals surface area contributed by atoms with Gasteiger partial charge in [0.2, 0.25) is 5.89 Å². The SMILES string of the molecule is C=CCOc1ccc(C(=O)OCc2coc(-c3ccccc3)n2)cc1OC. The first-order valence-electron chi connectivity index (χ1n) is 8.30. The topological polar surface area (TPSA) is 70.8 Å². The zero-order valence-electron chi connectivity index (χ0n) is 14.9. The second kappa shape index (κ2) is 8.71. The van der Waals surface area contributed by atoms with E-state index in [4.69, 9.17) is 18.6 Å². The molecule has 0 radical (unpaired) electrons. The summed E-state index contributed by atoms with van der Waals surface area (Å²) in [6, 6.07) is 14.3. The highest BCUT2D eigenvalue weighted by atomic mass is 16.5. The van der Waals surface area contributed by atoms with Crippen LogP contribution in [-0.2, 0) is 11.3 Å². The fraction of sp³-hybridized carbons (Fsp3) is 0.143. The van der Waals surface area contributed by atoms with E-state index >= 15 is 0 Å². The maximum atomic E-state index is 12.3. The molecule has 6 nitrogen and oxygen atoms in total. The Morgan fingerprint density at radius 3 is 2.74 bits per heavy atom. The zero-order chi connectivity index (χ0) is 19.1. The molecule has 6 heteroatoms. The molecular formula is C21H19NO5. The van der Waals surface area contributed by atoms with Gasteiger partial charge in [0.25, 0.3) is 0 Å². The molecule has 27 heavy (non-hydrogen) atoms. The Balaban J connectivity index is 1.64. The molecule has 2 aromatic carbocycles. The molecule has 0 saturated carbocycles. The number of rotatable bonds is 8. The molecule has 0 aliphatic rings. The number of benzene rings is 2. The molecule has 1 heterocycles. The minimum Gasteiger partial charge on any atom is -0.493 e. The van der Waals surface area contributed by atoms with Crippen LogP contribution in [0.3, 0.4) is 0 Å². The normalized spacial score (nSPS) is 10.3. The van der Waals surface area contributed by atoms with E-state index in [0.29, 0.717) is 35.3 Å². The number of hydrogen-bond acceptors (Lipinski definition) is 6. The van der Waals surface area contributed by atoms with Crippen molar-refractivity contribution in [2.45, 2.75) is 6.61 Å². The Labute approximate surface area is 157 Å². The highest BCUT2D eigenvalue weighted by Gasteiger charge is 2.14. The van der Waals surface area contributed by atoms with Crippen molar-refractivity contribution in [3.63, 3.8) is 0 Å². The van der Waals surface area contributed by atoms with Gasteiger partial charge in [0.05, 0.1) is 12.7 Å². The fourth-order valence-corrected chi connectivity index (χ4v) is 2.37. The Morgan fingerprint density at radius 1 is 1.19 bits per heavy atom. The molecule has 0 fully saturated rings. The number of esters is 1. The lowest BCUT2D eigenvalue weighted by Crippen LogP contribution is -2.06. The first-order valence-corrected chi connectivity index (χ1v) is 8.30. The summed E-state index contributed by atoms with van der Waals surface area (Å²) in [5.74, 6) is 0.955. The summed E-state index contributed by atoms with van der Waals surface area (Å²) in [6.45, 7) is 3.95. The number of oxazole rings is 1. The average molecular weight is 365 g/mol. The van der Waals surface area contributed by atoms with Crippen LogP contribution in [-0.4, -0.2) is 24.7 Å². The summed E-state index contributed by atoms with van der Waals surface area (Å²) < 4.78 is 21.5. The van der Waals surface area contributed by atoms with Crippen LogP contribution >= 0.6 is 0 Å². The first-order chi connectivity index (χ1) is 13.2. The molecule has 0 atom stereocenters. The fourth-order valence-electron chi connectivity index (χ4n) is 2.37. The summed E-state index contributed by atoms with van der Waals surface area (Å²) in [7, 11) is 1.51. The smallest absolute Gasteiger partial charge is 0.338 e. The number of nitrogens with zero attached hydrogens (tertiary/aromatic N) is 1. The Kier molecular flexibility index (Phi) is 5.89. The number of methoxy groups -OCH3 is 1. The molecular weight excluding hydrogens is 346 g/mol. The summed E-state index contributed by atoms with van der Waals surface area (Å²) in [6.07, 6.45) is 3.10. The maximum Gasteiger partial charge on any atom is 0.338 e. The van der Waals surface area contributed by atoms with Gasteiger partial charge in [0, 0.05) is 5.56 Å². The molecule has 0 N–H and O–H groups in total. The van der Waals surface area contributed by atoms with Crippen LogP contribution in [0.15, 0.2) is 71.9 Å². The van der Waals surface area contributed by atoms with Crippen molar-refractivity contribution in [3.8, 4) is 23.0 Å². The summed E-state index contributed by atoms with van der Waals surface area (Å²) in [4.78, 5) is 16.6. The number of carbonyl (C=O) groups is 1. The molecule has 0 aliphatic heterocycles. The van der Waals surface area contributed by atoms with Crippen molar-refractivity contribution < 1.29 is 23.4 Å². The lowest BCUT2D eigenvalue weighted by molar-refractivity contribution is 0.0467. The van der Waals surface area contributed by atoms with Crippen LogP contribution in [0.1, 0.15) is 16.1 Å². The van der Waals surface area contributed by atoms with Crippen molar-refractivity contribution in [3.05, 3.63) is 78.7 Å². The number of carbonyl (C=O) groups excluding carboxylic acids is 1. The lowest BCUT2D eigenvalue weighted by atomic mass is 10.2. The second-order valence-electron chi connectivity index (χ2n) is 5.55. The van der Waals surface area contributed by atoms with Crippen molar-refractivity contribution in [1.29, 1.82) is 0 Å². The van der Waals surface area contributed by atoms with Crippen molar-refractivity contribution in [2.75, 3.05) is 13.7 Å². The molecule has 0 unspecified atom stereocenters. The van der Waals surface area contributed by atoms with Gasteiger partial charge in [-0.1, -0.05) is 30.9 Å². The van der Waals surface area contributed by atoms with Crippen LogP contribution in [0.4, 0.5) is 0 Å². The van der Waals surface area contributed by atoms with Crippen molar-refractivity contribution >= 4 is 5.97 Å². The first kappa shape index (κ1) is 18.3. The van der Waals surface area contributed by atoms with Gasteiger partial charge < -0.3 is 18.6 Å². The van der Waals surface area contributed by atoms with Crippen LogP contribution in [0.25, 0.3) is 11.5 Å². The molecule has 1 aromatic heterocycles. The Bertz CT molecular complexity index is 917. The van der Waals surface area contributed by atoms with Gasteiger partial charge in [-0.2, -0.15) is 0 Å². The molecule has 138 valence electrons. The third-order valence-corrected chi connectivity index (χ3v) is 3.68. The Morgan fingerprint density at radius 2 is 2.00 bits per heavy atom. The average Bonchev–Trinajstić information content (AvgIpc) is 3.20. The van der Waals surface area contributed by atoms with Crippen molar-refractivity contribution in [2.24, 2.45) is 0 Å². The van der Waals surface area contributed by atoms with Gasteiger partial charge >= 0.3 is 5.97 Å². The second-order valence-corrected chi connectivity index (χ2v) is 5.55. The largest absolute Gasteiger partial charge is 0.493 e. The quantitative estimate of drug-likeness (QED) is 0.438. The van der Waals surface area contributed by atoms with Crippen LogP contribution in [0, 0.1) is 0 Å². The lowest BCUT2D eigenvalue weighted by Gasteiger charge is -2.10. The van der Waals surface area contributed by atoms with Crippen LogP contribution < -0.4 is 9.47 Å².